The molecule has 0 unspecified atom stereocenters. The summed E-state index contributed by atoms with van der Waals surface area (Å²) in [7, 11) is 1.73. The fourth-order valence-electron chi connectivity index (χ4n) is 3.17. The standard InChI is InChI=1S/C22H18FN3O2/c1-13-5-4-6-17(11-13)26(3)22(27)18-12-19(15-7-9-16(23)10-8-15)24-21-20(18)14(2)25-28-21/h4-12H,1-3H3. The van der Waals surface area contributed by atoms with Crippen LogP contribution < -0.4 is 4.90 Å². The van der Waals surface area contributed by atoms with Crippen molar-refractivity contribution < 1.29 is 13.7 Å². The molecular weight excluding hydrogens is 357 g/mol. The fourth-order valence-corrected chi connectivity index (χ4v) is 3.17. The molecular formula is C22H18FN3O2. The van der Waals surface area contributed by atoms with Crippen molar-refractivity contribution >= 4 is 22.7 Å². The van der Waals surface area contributed by atoms with Crippen LogP contribution in [0.5, 0.6) is 0 Å². The first-order chi connectivity index (χ1) is 13.4. The first-order valence-electron chi connectivity index (χ1n) is 8.82. The average molecular weight is 375 g/mol. The van der Waals surface area contributed by atoms with E-state index in [4.69, 9.17) is 4.52 Å². The SMILES string of the molecule is Cc1cccc(N(C)C(=O)c2cc(-c3ccc(F)cc3)nc3onc(C)c23)c1. The monoisotopic (exact) mass is 375 g/mol. The van der Waals surface area contributed by atoms with Gasteiger partial charge in [-0.15, -0.1) is 0 Å². The van der Waals surface area contributed by atoms with E-state index < -0.39 is 0 Å². The van der Waals surface area contributed by atoms with Crippen molar-refractivity contribution in [1.29, 1.82) is 0 Å². The number of aryl methyl sites for hydroxylation is 2. The van der Waals surface area contributed by atoms with E-state index in [1.807, 2.05) is 31.2 Å². The molecule has 4 aromatic rings. The molecule has 0 fully saturated rings. The van der Waals surface area contributed by atoms with Gasteiger partial charge in [0, 0.05) is 18.3 Å². The second-order valence-corrected chi connectivity index (χ2v) is 6.71. The van der Waals surface area contributed by atoms with Gasteiger partial charge in [-0.25, -0.2) is 9.37 Å². The van der Waals surface area contributed by atoms with E-state index in [-0.39, 0.29) is 17.4 Å². The van der Waals surface area contributed by atoms with Crippen molar-refractivity contribution in [2.45, 2.75) is 13.8 Å². The molecule has 1 amide bonds. The van der Waals surface area contributed by atoms with E-state index in [1.54, 1.807) is 37.1 Å². The zero-order valence-electron chi connectivity index (χ0n) is 15.7. The molecule has 4 rings (SSSR count). The maximum Gasteiger partial charge on any atom is 0.259 e. The first-order valence-corrected chi connectivity index (χ1v) is 8.82. The number of aromatic nitrogens is 2. The van der Waals surface area contributed by atoms with Crippen LogP contribution in [0, 0.1) is 19.7 Å². The molecule has 0 aliphatic heterocycles. The minimum atomic E-state index is -0.337. The van der Waals surface area contributed by atoms with Crippen molar-refractivity contribution in [2.24, 2.45) is 0 Å². The number of rotatable bonds is 3. The number of hydrogen-bond donors (Lipinski definition) is 0. The summed E-state index contributed by atoms with van der Waals surface area (Å²) in [5, 5.41) is 4.54. The van der Waals surface area contributed by atoms with E-state index in [2.05, 4.69) is 10.1 Å². The van der Waals surface area contributed by atoms with E-state index in [0.29, 0.717) is 27.9 Å². The molecule has 0 atom stereocenters. The maximum atomic E-state index is 13.3. The number of pyridine rings is 1. The van der Waals surface area contributed by atoms with Gasteiger partial charge in [-0.2, -0.15) is 0 Å². The lowest BCUT2D eigenvalue weighted by molar-refractivity contribution is 0.0994. The summed E-state index contributed by atoms with van der Waals surface area (Å²) in [5.74, 6) is -0.538. The number of carbonyl (C=O) groups excluding carboxylic acids is 1. The van der Waals surface area contributed by atoms with Crippen LogP contribution in [0.25, 0.3) is 22.4 Å². The molecule has 0 saturated heterocycles. The number of nitrogens with zero attached hydrogens (tertiary/aromatic N) is 3. The Labute approximate surface area is 161 Å². The third kappa shape index (κ3) is 3.13. The normalized spacial score (nSPS) is 11.0. The van der Waals surface area contributed by atoms with Gasteiger partial charge < -0.3 is 9.42 Å². The highest BCUT2D eigenvalue weighted by Crippen LogP contribution is 2.29. The maximum absolute atomic E-state index is 13.3. The molecule has 5 nitrogen and oxygen atoms in total. The molecule has 28 heavy (non-hydrogen) atoms. The minimum Gasteiger partial charge on any atom is -0.335 e. The Morgan fingerprint density at radius 1 is 1.07 bits per heavy atom. The molecule has 0 saturated carbocycles. The van der Waals surface area contributed by atoms with Gasteiger partial charge >= 0.3 is 0 Å². The highest BCUT2D eigenvalue weighted by molar-refractivity contribution is 6.14. The summed E-state index contributed by atoms with van der Waals surface area (Å²) in [5.41, 5.74) is 4.35. The van der Waals surface area contributed by atoms with Crippen molar-refractivity contribution in [3.8, 4) is 11.3 Å². The van der Waals surface area contributed by atoms with Crippen molar-refractivity contribution in [2.75, 3.05) is 11.9 Å². The molecule has 140 valence electrons. The Kier molecular flexibility index (Phi) is 4.39. The molecule has 6 heteroatoms. The zero-order valence-corrected chi connectivity index (χ0v) is 15.7. The highest BCUT2D eigenvalue weighted by atomic mass is 19.1. The topological polar surface area (TPSA) is 59.2 Å². The van der Waals surface area contributed by atoms with Gasteiger partial charge in [-0.3, -0.25) is 4.79 Å². The zero-order chi connectivity index (χ0) is 19.8. The third-order valence-corrected chi connectivity index (χ3v) is 4.68. The van der Waals surface area contributed by atoms with Crippen LogP contribution in [0.15, 0.2) is 59.1 Å². The summed E-state index contributed by atoms with van der Waals surface area (Å²) < 4.78 is 18.6. The summed E-state index contributed by atoms with van der Waals surface area (Å²) in [6.45, 7) is 3.75. The van der Waals surface area contributed by atoms with Crippen molar-refractivity contribution in [3.63, 3.8) is 0 Å². The number of halogens is 1. The summed E-state index contributed by atoms with van der Waals surface area (Å²) >= 11 is 0. The van der Waals surface area contributed by atoms with Crippen LogP contribution in [0.3, 0.4) is 0 Å². The van der Waals surface area contributed by atoms with Crippen molar-refractivity contribution in [3.05, 3.63) is 77.2 Å². The van der Waals surface area contributed by atoms with Gasteiger partial charge in [0.05, 0.1) is 22.3 Å². The first kappa shape index (κ1) is 17.9. The van der Waals surface area contributed by atoms with E-state index in [9.17, 15) is 9.18 Å². The second kappa shape index (κ2) is 6.88. The predicted molar refractivity (Wildman–Crippen MR) is 106 cm³/mol. The Hall–Kier alpha value is -3.54. The molecule has 0 spiro atoms. The average Bonchev–Trinajstić information content (AvgIpc) is 3.07. The Morgan fingerprint density at radius 2 is 1.82 bits per heavy atom. The Balaban J connectivity index is 1.86. The van der Waals surface area contributed by atoms with Crippen LogP contribution in [-0.4, -0.2) is 23.1 Å². The third-order valence-electron chi connectivity index (χ3n) is 4.68. The molecule has 2 aromatic heterocycles. The molecule has 0 aliphatic rings. The Bertz CT molecular complexity index is 1180. The van der Waals surface area contributed by atoms with Gasteiger partial charge in [0.2, 0.25) is 0 Å². The summed E-state index contributed by atoms with van der Waals surface area (Å²) in [6.07, 6.45) is 0. The van der Waals surface area contributed by atoms with Crippen LogP contribution in [0.2, 0.25) is 0 Å². The largest absolute Gasteiger partial charge is 0.335 e. The van der Waals surface area contributed by atoms with Crippen LogP contribution >= 0.6 is 0 Å². The van der Waals surface area contributed by atoms with Gasteiger partial charge in [0.15, 0.2) is 0 Å². The fraction of sp³-hybridized carbons (Fsp3) is 0.136. The van der Waals surface area contributed by atoms with E-state index >= 15 is 0 Å². The molecule has 2 aromatic carbocycles. The van der Waals surface area contributed by atoms with Crippen molar-refractivity contribution in [1.82, 2.24) is 10.1 Å². The lowest BCUT2D eigenvalue weighted by Gasteiger charge is -2.18. The molecule has 0 radical (unpaired) electrons. The molecule has 0 bridgehead atoms. The molecule has 0 N–H and O–H groups in total. The number of amides is 1. The molecule has 2 heterocycles. The van der Waals surface area contributed by atoms with Crippen LogP contribution in [0.1, 0.15) is 21.6 Å². The quantitative estimate of drug-likeness (QED) is 0.510. The number of benzene rings is 2. The van der Waals surface area contributed by atoms with Crippen LogP contribution in [-0.2, 0) is 0 Å². The van der Waals surface area contributed by atoms with Gasteiger partial charge in [0.25, 0.3) is 11.6 Å². The van der Waals surface area contributed by atoms with E-state index in [0.717, 1.165) is 11.3 Å². The number of anilines is 1. The van der Waals surface area contributed by atoms with Gasteiger partial charge in [0.1, 0.15) is 5.82 Å². The smallest absolute Gasteiger partial charge is 0.259 e. The minimum absolute atomic E-state index is 0.201. The second-order valence-electron chi connectivity index (χ2n) is 6.71. The Morgan fingerprint density at radius 3 is 2.54 bits per heavy atom. The lowest BCUT2D eigenvalue weighted by atomic mass is 10.0. The predicted octanol–water partition coefficient (Wildman–Crippen LogP) is 4.92. The summed E-state index contributed by atoms with van der Waals surface area (Å²) in [6, 6.07) is 15.3. The number of carbonyl (C=O) groups is 1. The van der Waals surface area contributed by atoms with Crippen LogP contribution in [0.4, 0.5) is 10.1 Å². The number of hydrogen-bond acceptors (Lipinski definition) is 4. The van der Waals surface area contributed by atoms with Gasteiger partial charge in [-0.1, -0.05) is 17.3 Å². The lowest BCUT2D eigenvalue weighted by Crippen LogP contribution is -2.26. The molecule has 0 aliphatic carbocycles. The number of fused-ring (bicyclic) bond motifs is 1. The highest BCUT2D eigenvalue weighted by Gasteiger charge is 2.22. The summed E-state index contributed by atoms with van der Waals surface area (Å²) in [4.78, 5) is 19.4. The van der Waals surface area contributed by atoms with Gasteiger partial charge in [-0.05, 0) is 61.9 Å². The van der Waals surface area contributed by atoms with E-state index in [1.165, 1.54) is 12.1 Å².